The Balaban J connectivity index is 2.26. The zero-order valence-electron chi connectivity index (χ0n) is 8.27. The summed E-state index contributed by atoms with van der Waals surface area (Å²) >= 11 is 0. The maximum Gasteiger partial charge on any atom is 0.602 e. The van der Waals surface area contributed by atoms with Crippen LogP contribution in [0.15, 0.2) is 24.4 Å². The van der Waals surface area contributed by atoms with Gasteiger partial charge in [0.1, 0.15) is 0 Å². The van der Waals surface area contributed by atoms with Crippen molar-refractivity contribution in [2.75, 3.05) is 6.61 Å². The largest absolute Gasteiger partial charge is 0.602 e. The average molecular weight is 192 g/mol. The summed E-state index contributed by atoms with van der Waals surface area (Å²) in [4.78, 5) is 11.5. The maximum atomic E-state index is 11.5. The highest BCUT2D eigenvalue weighted by Gasteiger charge is 2.34. The molecule has 0 atom stereocenters. The predicted octanol–water partition coefficient (Wildman–Crippen LogP) is 1.86. The molecular weight excluding hydrogens is 178 g/mol. The minimum Gasteiger partial charge on any atom is -0.412 e. The standard InChI is InChI=1S/C11H14NO2/c1-2-14-11(13)12-8-4-3-5-10(12)9-6-7-9/h3-5,8-9H,2,6-7H2,1H3/q+1. The number of rotatable bonds is 2. The Morgan fingerprint density at radius 3 is 3.00 bits per heavy atom. The van der Waals surface area contributed by atoms with Gasteiger partial charge < -0.3 is 4.74 Å². The molecule has 0 spiro atoms. The molecule has 1 aromatic heterocycles. The van der Waals surface area contributed by atoms with E-state index in [2.05, 4.69) is 0 Å². The first kappa shape index (κ1) is 9.19. The van der Waals surface area contributed by atoms with E-state index in [1.165, 1.54) is 12.8 Å². The number of aromatic nitrogens is 1. The Morgan fingerprint density at radius 2 is 2.36 bits per heavy atom. The molecular formula is C11H14NO2+. The zero-order chi connectivity index (χ0) is 9.97. The first-order valence-corrected chi connectivity index (χ1v) is 5.00. The summed E-state index contributed by atoms with van der Waals surface area (Å²) in [5.41, 5.74) is 1.07. The second-order valence-corrected chi connectivity index (χ2v) is 3.47. The van der Waals surface area contributed by atoms with Gasteiger partial charge in [-0.1, -0.05) is 10.6 Å². The van der Waals surface area contributed by atoms with Gasteiger partial charge in [0, 0.05) is 18.1 Å². The second kappa shape index (κ2) is 3.78. The lowest BCUT2D eigenvalue weighted by Crippen LogP contribution is -2.46. The minimum absolute atomic E-state index is 0.269. The Labute approximate surface area is 83.3 Å². The van der Waals surface area contributed by atoms with Gasteiger partial charge in [-0.2, -0.15) is 4.79 Å². The fourth-order valence-corrected chi connectivity index (χ4v) is 1.53. The van der Waals surface area contributed by atoms with Crippen molar-refractivity contribution in [2.24, 2.45) is 0 Å². The van der Waals surface area contributed by atoms with Crippen molar-refractivity contribution in [2.45, 2.75) is 25.7 Å². The molecule has 0 unspecified atom stereocenters. The lowest BCUT2D eigenvalue weighted by molar-refractivity contribution is -0.594. The van der Waals surface area contributed by atoms with E-state index in [9.17, 15) is 4.79 Å². The average Bonchev–Trinajstić information content (AvgIpc) is 3.01. The van der Waals surface area contributed by atoms with Crippen molar-refractivity contribution in [3.05, 3.63) is 30.1 Å². The van der Waals surface area contributed by atoms with Gasteiger partial charge in [0.05, 0.1) is 6.61 Å². The summed E-state index contributed by atoms with van der Waals surface area (Å²) in [5, 5.41) is 0. The number of hydrogen-bond acceptors (Lipinski definition) is 2. The van der Waals surface area contributed by atoms with E-state index in [1.807, 2.05) is 25.1 Å². The van der Waals surface area contributed by atoms with Crippen molar-refractivity contribution in [1.82, 2.24) is 0 Å². The Morgan fingerprint density at radius 1 is 1.57 bits per heavy atom. The van der Waals surface area contributed by atoms with Crippen LogP contribution in [-0.2, 0) is 4.74 Å². The van der Waals surface area contributed by atoms with E-state index in [0.29, 0.717) is 12.5 Å². The molecule has 2 rings (SSSR count). The van der Waals surface area contributed by atoms with Crippen LogP contribution in [0.25, 0.3) is 0 Å². The van der Waals surface area contributed by atoms with E-state index in [-0.39, 0.29) is 6.09 Å². The summed E-state index contributed by atoms with van der Waals surface area (Å²) in [6.45, 7) is 2.24. The molecule has 0 aromatic carbocycles. The van der Waals surface area contributed by atoms with Crippen LogP contribution in [0.3, 0.4) is 0 Å². The second-order valence-electron chi connectivity index (χ2n) is 3.47. The molecule has 1 heterocycles. The topological polar surface area (TPSA) is 30.2 Å². The molecule has 0 N–H and O–H groups in total. The molecule has 1 aromatic rings. The first-order valence-electron chi connectivity index (χ1n) is 5.00. The molecule has 1 saturated carbocycles. The van der Waals surface area contributed by atoms with Gasteiger partial charge in [0.25, 0.3) is 0 Å². The first-order chi connectivity index (χ1) is 6.83. The molecule has 3 heteroatoms. The highest BCUT2D eigenvalue weighted by atomic mass is 16.5. The summed E-state index contributed by atoms with van der Waals surface area (Å²) in [7, 11) is 0. The van der Waals surface area contributed by atoms with E-state index in [1.54, 1.807) is 10.8 Å². The molecule has 0 saturated heterocycles. The van der Waals surface area contributed by atoms with Crippen LogP contribution in [0.5, 0.6) is 0 Å². The van der Waals surface area contributed by atoms with Gasteiger partial charge in [-0.15, -0.1) is 0 Å². The Hall–Kier alpha value is -1.38. The summed E-state index contributed by atoms with van der Waals surface area (Å²) in [5.74, 6) is 0.556. The van der Waals surface area contributed by atoms with Gasteiger partial charge in [-0.05, 0) is 19.8 Å². The van der Waals surface area contributed by atoms with Crippen molar-refractivity contribution in [3.8, 4) is 0 Å². The van der Waals surface area contributed by atoms with Crippen molar-refractivity contribution < 1.29 is 14.1 Å². The van der Waals surface area contributed by atoms with E-state index < -0.39 is 0 Å². The summed E-state index contributed by atoms with van der Waals surface area (Å²) in [6, 6.07) is 5.81. The van der Waals surface area contributed by atoms with Crippen LogP contribution in [0.4, 0.5) is 4.79 Å². The fraction of sp³-hybridized carbons (Fsp3) is 0.455. The summed E-state index contributed by atoms with van der Waals surface area (Å²) in [6.07, 6.45) is 3.87. The van der Waals surface area contributed by atoms with Crippen LogP contribution in [0.1, 0.15) is 31.4 Å². The number of carbonyl (C=O) groups excluding carboxylic acids is 1. The molecule has 1 aliphatic carbocycles. The van der Waals surface area contributed by atoms with Gasteiger partial charge in [0.2, 0.25) is 0 Å². The van der Waals surface area contributed by atoms with Gasteiger partial charge >= 0.3 is 6.09 Å². The third-order valence-electron chi connectivity index (χ3n) is 2.35. The molecule has 74 valence electrons. The number of carbonyl (C=O) groups is 1. The third-order valence-corrected chi connectivity index (χ3v) is 2.35. The zero-order valence-corrected chi connectivity index (χ0v) is 8.27. The van der Waals surface area contributed by atoms with Crippen molar-refractivity contribution in [1.29, 1.82) is 0 Å². The van der Waals surface area contributed by atoms with Crippen LogP contribution in [-0.4, -0.2) is 12.7 Å². The molecule has 14 heavy (non-hydrogen) atoms. The van der Waals surface area contributed by atoms with Gasteiger partial charge in [0.15, 0.2) is 11.9 Å². The van der Waals surface area contributed by atoms with Crippen LogP contribution < -0.4 is 4.57 Å². The highest BCUT2D eigenvalue weighted by Crippen LogP contribution is 2.37. The lowest BCUT2D eigenvalue weighted by atomic mass is 10.2. The normalized spacial score (nSPS) is 15.2. The van der Waals surface area contributed by atoms with Crippen LogP contribution in [0.2, 0.25) is 0 Å². The Kier molecular flexibility index (Phi) is 2.48. The quantitative estimate of drug-likeness (QED) is 0.669. The van der Waals surface area contributed by atoms with E-state index >= 15 is 0 Å². The SMILES string of the molecule is CCOC(=O)[n+]1ccccc1C1CC1. The number of hydrogen-bond donors (Lipinski definition) is 0. The monoisotopic (exact) mass is 192 g/mol. The number of nitrogens with zero attached hydrogens (tertiary/aromatic N) is 1. The summed E-state index contributed by atoms with van der Waals surface area (Å²) < 4.78 is 6.58. The van der Waals surface area contributed by atoms with Gasteiger partial charge in [-0.3, -0.25) is 0 Å². The molecule has 1 aliphatic rings. The minimum atomic E-state index is -0.269. The molecule has 1 fully saturated rings. The molecule has 0 amide bonds. The number of pyridine rings is 1. The van der Waals surface area contributed by atoms with Crippen molar-refractivity contribution in [3.63, 3.8) is 0 Å². The lowest BCUT2D eigenvalue weighted by Gasteiger charge is -1.99. The molecule has 0 bridgehead atoms. The number of ether oxygens (including phenoxy) is 1. The van der Waals surface area contributed by atoms with E-state index in [4.69, 9.17) is 4.74 Å². The predicted molar refractivity (Wildman–Crippen MR) is 51.0 cm³/mol. The fourth-order valence-electron chi connectivity index (χ4n) is 1.53. The molecule has 0 radical (unpaired) electrons. The van der Waals surface area contributed by atoms with Gasteiger partial charge in [-0.25, -0.2) is 0 Å². The Bertz CT molecular complexity index is 345. The van der Waals surface area contributed by atoms with Crippen LogP contribution >= 0.6 is 0 Å². The molecule has 3 nitrogen and oxygen atoms in total. The van der Waals surface area contributed by atoms with Crippen molar-refractivity contribution >= 4 is 6.09 Å². The van der Waals surface area contributed by atoms with E-state index in [0.717, 1.165) is 5.69 Å². The molecule has 0 aliphatic heterocycles. The highest BCUT2D eigenvalue weighted by molar-refractivity contribution is 5.57. The third kappa shape index (κ3) is 1.76. The smallest absolute Gasteiger partial charge is 0.412 e. The maximum absolute atomic E-state index is 11.5. The van der Waals surface area contributed by atoms with Crippen LogP contribution in [0, 0.1) is 0 Å².